The lowest BCUT2D eigenvalue weighted by molar-refractivity contribution is 0.103. The summed E-state index contributed by atoms with van der Waals surface area (Å²) < 4.78 is 60.1. The molecule has 4 aromatic heterocycles. The Morgan fingerprint density at radius 3 is 0.792 bits per heavy atom. The third-order valence-electron chi connectivity index (χ3n) is 28.0. The number of ether oxygens (including phenoxy) is 8. The second-order valence-electron chi connectivity index (χ2n) is 38.3. The van der Waals surface area contributed by atoms with Crippen molar-refractivity contribution in [2.24, 2.45) is 0 Å². The maximum Gasteiger partial charge on any atom is 0.194 e. The first-order valence-electron chi connectivity index (χ1n) is 53.0. The number of carbonyl (C=O) groups is 2. The van der Waals surface area contributed by atoms with Crippen LogP contribution in [0.1, 0.15) is 347 Å². The number of Topliss-reactive ketones (excluding diaryl/α,β-unsaturated/α-hetero) is 2. The van der Waals surface area contributed by atoms with Crippen LogP contribution < -0.4 is 37.9 Å². The van der Waals surface area contributed by atoms with E-state index >= 15 is 0 Å². The molecular weight excluding hydrogens is 1860 g/mol. The van der Waals surface area contributed by atoms with Crippen molar-refractivity contribution in [1.29, 1.82) is 21.0 Å². The first-order valence-corrected chi connectivity index (χ1v) is 56.3. The molecule has 4 heterocycles. The van der Waals surface area contributed by atoms with Gasteiger partial charge in [0.25, 0.3) is 0 Å². The SMILES string of the molecule is CCCCCCOc1cc(OCCCCCC)cc(C2(c3cc(OCCCCCC)cc(OCCCCCC)c3)c3cc(-c4ncc(/C=C5\C(=O)c6ccccc6C5=C(C#N)C#N)s4)ccc3-c3sc4c5c(sc4c32)-c2ccc(-c3ncc(/C=C4\C(=O)c6ccccc6C4=C(C#N)C#N)s3)cc2C5(c2cc(OCCCCCC)cc(OCCCCCC)c2)c2cc(OCCCCCC)cc(OCCCCCC)c2)c1. The van der Waals surface area contributed by atoms with Gasteiger partial charge in [-0.3, -0.25) is 9.59 Å². The summed E-state index contributed by atoms with van der Waals surface area (Å²) in [5.41, 5.74) is 11.7. The Balaban J connectivity index is 1.03. The van der Waals surface area contributed by atoms with Crippen molar-refractivity contribution in [2.75, 3.05) is 52.9 Å². The van der Waals surface area contributed by atoms with Gasteiger partial charge in [-0.15, -0.1) is 45.3 Å². The van der Waals surface area contributed by atoms with Crippen LogP contribution in [0.5, 0.6) is 46.0 Å². The van der Waals surface area contributed by atoms with Crippen molar-refractivity contribution < 1.29 is 47.5 Å². The summed E-state index contributed by atoms with van der Waals surface area (Å²) >= 11 is 6.51. The lowest BCUT2D eigenvalue weighted by Gasteiger charge is -2.35. The zero-order valence-electron chi connectivity index (χ0n) is 85.0. The lowest BCUT2D eigenvalue weighted by Crippen LogP contribution is -2.29. The highest BCUT2D eigenvalue weighted by Crippen LogP contribution is 2.70. The van der Waals surface area contributed by atoms with Crippen molar-refractivity contribution in [3.8, 4) is 112 Å². The largest absolute Gasteiger partial charge is 0.493 e. The number of unbranched alkanes of at least 4 members (excludes halogenated alkanes) is 24. The van der Waals surface area contributed by atoms with Gasteiger partial charge in [-0.05, 0) is 180 Å². The van der Waals surface area contributed by atoms with Gasteiger partial charge in [-0.25, -0.2) is 9.97 Å². The van der Waals surface area contributed by atoms with Gasteiger partial charge in [0.15, 0.2) is 11.6 Å². The van der Waals surface area contributed by atoms with Crippen LogP contribution in [0.4, 0.5) is 0 Å². The standard InChI is InChI=1S/C124H134N6O10S4/c1-9-17-25-37-53-133-91-63-87(64-92(71-91)134-54-38-26-18-10-2)123(88-65-93(135-55-39-27-19-11-3)72-94(66-88)136-56-40-28-20-12-4)109-61-83(121-129-81-99(141-121)75-107-111(85(77-125)78-126)101-45-33-35-47-103(101)115(107)131)49-51-105(109)117-113(123)119-120(143-117)114-118(144-119)106-52-50-84(122-130-82-100(142-122)76-108-112(86(79-127)80-128)102-46-34-36-48-104(102)116(108)132)62-110(106)124(114,89-67-95(137-57-41-29-21-13-5)73-96(68-89)138-58-42-30-22-14-6)90-69-97(139-59-43-31-23-15-7)74-98(70-90)140-60-44-32-24-16-8/h33-36,45-52,61-76,81-82H,9-32,37-44,53-60H2,1-8H3/b107-75-,108-76-. The highest BCUT2D eigenvalue weighted by atomic mass is 32.1. The predicted octanol–water partition coefficient (Wildman–Crippen LogP) is 33.8. The molecule has 744 valence electrons. The van der Waals surface area contributed by atoms with Crippen LogP contribution in [0, 0.1) is 45.3 Å². The van der Waals surface area contributed by atoms with E-state index in [9.17, 15) is 30.6 Å². The fourth-order valence-corrected chi connectivity index (χ4v) is 25.6. The van der Waals surface area contributed by atoms with Gasteiger partial charge < -0.3 is 37.9 Å². The number of hydrogen-bond acceptors (Lipinski definition) is 20. The molecule has 12 aromatic rings. The molecular formula is C124H134N6O10S4. The number of thiophene rings is 2. The topological polar surface area (TPSA) is 229 Å². The second kappa shape index (κ2) is 50.7. The monoisotopic (exact) mass is 1990 g/mol. The summed E-state index contributed by atoms with van der Waals surface area (Å²) in [7, 11) is 0. The molecule has 4 aliphatic rings. The number of ketones is 2. The molecule has 4 aliphatic carbocycles. The molecule has 0 N–H and O–H groups in total. The Morgan fingerprint density at radius 2 is 0.549 bits per heavy atom. The Morgan fingerprint density at radius 1 is 0.299 bits per heavy atom. The summed E-state index contributed by atoms with van der Waals surface area (Å²) in [4.78, 5) is 43.5. The Kier molecular flexibility index (Phi) is 36.7. The fraction of sp³-hybridized carbons (Fsp3) is 0.403. The molecule has 8 aromatic carbocycles. The van der Waals surface area contributed by atoms with Crippen LogP contribution in [0.15, 0.2) is 192 Å². The average Bonchev–Trinajstić information content (AvgIpc) is 1.48. The first kappa shape index (κ1) is 104. The van der Waals surface area contributed by atoms with Crippen LogP contribution in [-0.4, -0.2) is 74.4 Å². The van der Waals surface area contributed by atoms with E-state index in [1.54, 1.807) is 60.9 Å². The van der Waals surface area contributed by atoms with Crippen molar-refractivity contribution in [3.05, 3.63) is 269 Å². The minimum atomic E-state index is -1.29. The Bertz CT molecular complexity index is 6160. The number of nitrogens with zero attached hydrogens (tertiary/aromatic N) is 6. The number of fused-ring (bicyclic) bond motifs is 11. The summed E-state index contributed by atoms with van der Waals surface area (Å²) in [6.45, 7) is 21.8. The van der Waals surface area contributed by atoms with E-state index in [0.29, 0.717) is 152 Å². The molecule has 16 rings (SSSR count). The van der Waals surface area contributed by atoms with Crippen molar-refractivity contribution in [3.63, 3.8) is 0 Å². The van der Waals surface area contributed by atoms with Gasteiger partial charge in [-0.2, -0.15) is 21.0 Å². The molecule has 20 heteroatoms. The van der Waals surface area contributed by atoms with E-state index in [-0.39, 0.29) is 33.9 Å². The quantitative estimate of drug-likeness (QED) is 0.0196. The number of carbonyl (C=O) groups excluding carboxylic acids is 2. The van der Waals surface area contributed by atoms with E-state index in [2.05, 4.69) is 189 Å². The van der Waals surface area contributed by atoms with Gasteiger partial charge in [-0.1, -0.05) is 282 Å². The summed E-state index contributed by atoms with van der Waals surface area (Å²) in [5, 5.41) is 43.5. The van der Waals surface area contributed by atoms with E-state index in [1.807, 2.05) is 34.8 Å². The fourth-order valence-electron chi connectivity index (χ4n) is 20.7. The number of benzene rings is 8. The van der Waals surface area contributed by atoms with E-state index in [4.69, 9.17) is 47.9 Å². The van der Waals surface area contributed by atoms with Crippen LogP contribution in [0.25, 0.3) is 74.7 Å². The Hall–Kier alpha value is -12.7. The molecule has 0 aliphatic heterocycles. The number of allylic oxidation sites excluding steroid dienone is 6. The molecule has 0 amide bonds. The molecule has 16 nitrogen and oxygen atoms in total. The van der Waals surface area contributed by atoms with Crippen LogP contribution in [0.3, 0.4) is 0 Å². The van der Waals surface area contributed by atoms with Crippen LogP contribution in [-0.2, 0) is 10.8 Å². The predicted molar refractivity (Wildman–Crippen MR) is 587 cm³/mol. The first-order chi connectivity index (χ1) is 70.7. The third kappa shape index (κ3) is 22.9. The summed E-state index contributed by atoms with van der Waals surface area (Å²) in [5.74, 6) is 4.95. The number of thiazole rings is 2. The van der Waals surface area contributed by atoms with E-state index in [0.717, 1.165) is 291 Å². The maximum atomic E-state index is 14.7. The number of nitriles is 4. The number of aromatic nitrogens is 2. The van der Waals surface area contributed by atoms with Crippen molar-refractivity contribution >= 4 is 89.6 Å². The minimum absolute atomic E-state index is 0.140. The Labute approximate surface area is 867 Å². The molecule has 0 fully saturated rings. The summed E-state index contributed by atoms with van der Waals surface area (Å²) in [6.07, 6.45) is 39.4. The van der Waals surface area contributed by atoms with Gasteiger partial charge in [0.05, 0.1) is 73.1 Å². The molecule has 0 saturated carbocycles. The molecule has 0 radical (unpaired) electrons. The van der Waals surface area contributed by atoms with Crippen molar-refractivity contribution in [2.45, 2.75) is 272 Å². The smallest absolute Gasteiger partial charge is 0.194 e. The zero-order valence-corrected chi connectivity index (χ0v) is 88.3. The van der Waals surface area contributed by atoms with Gasteiger partial charge in [0.1, 0.15) is 91.4 Å². The summed E-state index contributed by atoms with van der Waals surface area (Å²) in [6, 6.07) is 63.1. The van der Waals surface area contributed by atoms with Crippen molar-refractivity contribution in [1.82, 2.24) is 9.97 Å². The second-order valence-corrected chi connectivity index (χ2v) is 42.5. The van der Waals surface area contributed by atoms with Gasteiger partial charge in [0.2, 0.25) is 0 Å². The normalized spacial score (nSPS) is 13.8. The van der Waals surface area contributed by atoms with Crippen LogP contribution >= 0.6 is 45.3 Å². The highest BCUT2D eigenvalue weighted by molar-refractivity contribution is 7.32. The molecule has 144 heavy (non-hydrogen) atoms. The minimum Gasteiger partial charge on any atom is -0.493 e. The van der Waals surface area contributed by atoms with Gasteiger partial charge >= 0.3 is 0 Å². The molecule has 0 atom stereocenters. The molecule has 0 bridgehead atoms. The van der Waals surface area contributed by atoms with E-state index < -0.39 is 10.8 Å². The zero-order chi connectivity index (χ0) is 100. The molecule has 0 spiro atoms. The molecule has 0 saturated heterocycles. The number of hydrogen-bond donors (Lipinski definition) is 0. The maximum absolute atomic E-state index is 14.7. The van der Waals surface area contributed by atoms with Gasteiger partial charge in [0, 0.05) is 112 Å². The third-order valence-corrected chi connectivity index (χ3v) is 32.6. The lowest BCUT2D eigenvalue weighted by atomic mass is 9.66. The highest BCUT2D eigenvalue weighted by Gasteiger charge is 2.56. The molecule has 0 unspecified atom stereocenters. The van der Waals surface area contributed by atoms with Crippen LogP contribution in [0.2, 0.25) is 0 Å². The van der Waals surface area contributed by atoms with E-state index in [1.165, 1.54) is 22.7 Å². The average molecular weight is 2000 g/mol. The number of rotatable bonds is 56.